The zero-order chi connectivity index (χ0) is 11.0. The van der Waals surface area contributed by atoms with Crippen molar-refractivity contribution in [1.82, 2.24) is 20.2 Å². The summed E-state index contributed by atoms with van der Waals surface area (Å²) in [5.74, 6) is 0.385. The topological polar surface area (TPSA) is 55.6 Å². The van der Waals surface area contributed by atoms with Gasteiger partial charge in [-0.2, -0.15) is 0 Å². The lowest BCUT2D eigenvalue weighted by Crippen LogP contribution is -2.25. The Morgan fingerprint density at radius 3 is 3.12 bits per heavy atom. The number of halogens is 1. The highest BCUT2D eigenvalue weighted by Crippen LogP contribution is 2.28. The normalized spacial score (nSPS) is 18.9. The van der Waals surface area contributed by atoms with Crippen LogP contribution in [0.1, 0.15) is 18.0 Å². The maximum atomic E-state index is 13.7. The number of hydrogen-bond acceptors (Lipinski definition) is 4. The molecule has 0 spiro atoms. The number of anilines is 1. The number of nitrogens with zero attached hydrogens (tertiary/aromatic N) is 4. The number of hydrogen-bond donors (Lipinski definition) is 1. The molecule has 6 heteroatoms. The molecule has 2 heterocycles. The third kappa shape index (κ3) is 1.34. The van der Waals surface area contributed by atoms with Gasteiger partial charge in [-0.1, -0.05) is 23.3 Å². The molecule has 1 aromatic carbocycles. The second-order valence-corrected chi connectivity index (χ2v) is 3.70. The van der Waals surface area contributed by atoms with Crippen molar-refractivity contribution in [3.63, 3.8) is 0 Å². The number of aromatic nitrogens is 4. The molecular weight excluding hydrogens is 209 g/mol. The first-order valence-corrected chi connectivity index (χ1v) is 5.12. The molecule has 0 saturated heterocycles. The van der Waals surface area contributed by atoms with Crippen molar-refractivity contribution in [2.24, 2.45) is 0 Å². The van der Waals surface area contributed by atoms with Crippen LogP contribution in [-0.2, 0) is 0 Å². The number of benzene rings is 1. The molecule has 0 amide bonds. The van der Waals surface area contributed by atoms with Crippen LogP contribution in [0.2, 0.25) is 0 Å². The van der Waals surface area contributed by atoms with Crippen LogP contribution in [0.15, 0.2) is 24.3 Å². The molecule has 0 saturated carbocycles. The summed E-state index contributed by atoms with van der Waals surface area (Å²) in [6, 6.07) is 6.62. The smallest absolute Gasteiger partial charge is 0.243 e. The minimum absolute atomic E-state index is 0.118. The molecule has 82 valence electrons. The predicted molar refractivity (Wildman–Crippen MR) is 55.5 cm³/mol. The number of fused-ring (bicyclic) bond motifs is 1. The fourth-order valence-corrected chi connectivity index (χ4v) is 2.00. The Kier molecular flexibility index (Phi) is 2.05. The largest absolute Gasteiger partial charge is 0.353 e. The quantitative estimate of drug-likeness (QED) is 0.783. The highest BCUT2D eigenvalue weighted by atomic mass is 19.1. The van der Waals surface area contributed by atoms with Gasteiger partial charge in [0.1, 0.15) is 5.82 Å². The van der Waals surface area contributed by atoms with Crippen LogP contribution in [-0.4, -0.2) is 26.8 Å². The minimum Gasteiger partial charge on any atom is -0.353 e. The number of tetrazole rings is 1. The minimum atomic E-state index is -0.212. The van der Waals surface area contributed by atoms with E-state index in [9.17, 15) is 4.39 Å². The molecule has 0 bridgehead atoms. The Balaban J connectivity index is 2.08. The van der Waals surface area contributed by atoms with Gasteiger partial charge in [-0.05, 0) is 22.9 Å². The van der Waals surface area contributed by atoms with E-state index in [2.05, 4.69) is 20.8 Å². The average Bonchev–Trinajstić information content (AvgIpc) is 2.77. The van der Waals surface area contributed by atoms with Gasteiger partial charge < -0.3 is 5.32 Å². The molecule has 1 atom stereocenters. The molecule has 1 aliphatic heterocycles. The van der Waals surface area contributed by atoms with Gasteiger partial charge in [0, 0.05) is 12.1 Å². The van der Waals surface area contributed by atoms with E-state index < -0.39 is 0 Å². The van der Waals surface area contributed by atoms with Crippen LogP contribution in [0, 0.1) is 5.82 Å². The van der Waals surface area contributed by atoms with E-state index in [1.54, 1.807) is 16.8 Å². The van der Waals surface area contributed by atoms with Gasteiger partial charge in [-0.25, -0.2) is 9.07 Å². The molecule has 1 N–H and O–H groups in total. The number of nitrogens with one attached hydrogen (secondary N) is 1. The Morgan fingerprint density at radius 2 is 2.25 bits per heavy atom. The average molecular weight is 219 g/mol. The first-order chi connectivity index (χ1) is 7.86. The molecule has 1 aliphatic rings. The molecule has 0 fully saturated rings. The van der Waals surface area contributed by atoms with Crippen molar-refractivity contribution in [3.8, 4) is 0 Å². The van der Waals surface area contributed by atoms with Crippen molar-refractivity contribution in [2.75, 3.05) is 11.9 Å². The maximum Gasteiger partial charge on any atom is 0.243 e. The second kappa shape index (κ2) is 3.55. The summed E-state index contributed by atoms with van der Waals surface area (Å²) in [5, 5.41) is 14.4. The van der Waals surface area contributed by atoms with E-state index in [0.717, 1.165) is 13.0 Å². The standard InChI is InChI=1S/C10H10FN5/c11-8-4-2-1-3-7(8)9-5-6-12-10-13-14-15-16(9)10/h1-4,9H,5-6H2,(H,12,13,15). The summed E-state index contributed by atoms with van der Waals surface area (Å²) in [6.07, 6.45) is 0.777. The molecule has 0 radical (unpaired) electrons. The summed E-state index contributed by atoms with van der Waals surface area (Å²) >= 11 is 0. The first kappa shape index (κ1) is 9.26. The first-order valence-electron chi connectivity index (χ1n) is 5.12. The lowest BCUT2D eigenvalue weighted by molar-refractivity contribution is 0.448. The summed E-state index contributed by atoms with van der Waals surface area (Å²) in [7, 11) is 0. The summed E-state index contributed by atoms with van der Waals surface area (Å²) < 4.78 is 15.3. The fraction of sp³-hybridized carbons (Fsp3) is 0.300. The predicted octanol–water partition coefficient (Wildman–Crippen LogP) is 1.22. The molecule has 3 rings (SSSR count). The third-order valence-corrected chi connectivity index (χ3v) is 2.75. The van der Waals surface area contributed by atoms with Crippen molar-refractivity contribution in [3.05, 3.63) is 35.6 Å². The van der Waals surface area contributed by atoms with E-state index in [4.69, 9.17) is 0 Å². The maximum absolute atomic E-state index is 13.7. The third-order valence-electron chi connectivity index (χ3n) is 2.75. The molecule has 1 unspecified atom stereocenters. The van der Waals surface area contributed by atoms with Crippen LogP contribution >= 0.6 is 0 Å². The monoisotopic (exact) mass is 219 g/mol. The van der Waals surface area contributed by atoms with Crippen molar-refractivity contribution < 1.29 is 4.39 Å². The van der Waals surface area contributed by atoms with Crippen molar-refractivity contribution >= 4 is 5.95 Å². The molecule has 2 aromatic rings. The Bertz CT molecular complexity index is 509. The Labute approximate surface area is 91.3 Å². The SMILES string of the molecule is Fc1ccccc1C1CCNc2nnnn21. The van der Waals surface area contributed by atoms with Crippen molar-refractivity contribution in [2.45, 2.75) is 12.5 Å². The summed E-state index contributed by atoms with van der Waals surface area (Å²) in [6.45, 7) is 0.749. The van der Waals surface area contributed by atoms with E-state index in [1.165, 1.54) is 6.07 Å². The van der Waals surface area contributed by atoms with Crippen LogP contribution in [0.25, 0.3) is 0 Å². The van der Waals surface area contributed by atoms with E-state index in [-0.39, 0.29) is 11.9 Å². The van der Waals surface area contributed by atoms with Crippen LogP contribution in [0.5, 0.6) is 0 Å². The Morgan fingerprint density at radius 1 is 1.38 bits per heavy atom. The molecule has 1 aromatic heterocycles. The van der Waals surface area contributed by atoms with E-state index in [1.807, 2.05) is 6.07 Å². The molecule has 5 nitrogen and oxygen atoms in total. The summed E-state index contributed by atoms with van der Waals surface area (Å²) in [5.41, 5.74) is 0.637. The van der Waals surface area contributed by atoms with Gasteiger partial charge in [0.05, 0.1) is 6.04 Å². The summed E-state index contributed by atoms with van der Waals surface area (Å²) in [4.78, 5) is 0. The Hall–Kier alpha value is -1.98. The van der Waals surface area contributed by atoms with E-state index in [0.29, 0.717) is 11.5 Å². The van der Waals surface area contributed by atoms with Gasteiger partial charge in [-0.15, -0.1) is 0 Å². The zero-order valence-electron chi connectivity index (χ0n) is 8.47. The van der Waals surface area contributed by atoms with E-state index >= 15 is 0 Å². The second-order valence-electron chi connectivity index (χ2n) is 3.70. The van der Waals surface area contributed by atoms with Gasteiger partial charge in [0.25, 0.3) is 0 Å². The fourth-order valence-electron chi connectivity index (χ4n) is 2.00. The zero-order valence-corrected chi connectivity index (χ0v) is 8.47. The lowest BCUT2D eigenvalue weighted by atomic mass is 10.0. The van der Waals surface area contributed by atoms with Crippen LogP contribution < -0.4 is 5.32 Å². The van der Waals surface area contributed by atoms with Crippen molar-refractivity contribution in [1.29, 1.82) is 0 Å². The van der Waals surface area contributed by atoms with Gasteiger partial charge in [0.2, 0.25) is 5.95 Å². The molecule has 16 heavy (non-hydrogen) atoms. The van der Waals surface area contributed by atoms with Crippen LogP contribution in [0.3, 0.4) is 0 Å². The van der Waals surface area contributed by atoms with Gasteiger partial charge in [-0.3, -0.25) is 0 Å². The highest BCUT2D eigenvalue weighted by Gasteiger charge is 2.25. The lowest BCUT2D eigenvalue weighted by Gasteiger charge is -2.23. The van der Waals surface area contributed by atoms with Crippen LogP contribution in [0.4, 0.5) is 10.3 Å². The molecular formula is C10H10FN5. The highest BCUT2D eigenvalue weighted by molar-refractivity contribution is 5.31. The number of rotatable bonds is 1. The van der Waals surface area contributed by atoms with Gasteiger partial charge in [0.15, 0.2) is 0 Å². The van der Waals surface area contributed by atoms with Gasteiger partial charge >= 0.3 is 0 Å². The molecule has 0 aliphatic carbocycles.